The van der Waals surface area contributed by atoms with Gasteiger partial charge in [0, 0.05) is 12.5 Å². The second-order valence-electron chi connectivity index (χ2n) is 5.90. The highest BCUT2D eigenvalue weighted by molar-refractivity contribution is 5.19. The summed E-state index contributed by atoms with van der Waals surface area (Å²) in [5, 5.41) is 3.80. The molecule has 0 radical (unpaired) electrons. The van der Waals surface area contributed by atoms with Gasteiger partial charge in [0.2, 0.25) is 0 Å². The lowest BCUT2D eigenvalue weighted by Crippen LogP contribution is -2.30. The van der Waals surface area contributed by atoms with E-state index in [1.807, 2.05) is 0 Å². The van der Waals surface area contributed by atoms with Crippen LogP contribution in [0.5, 0.6) is 0 Å². The van der Waals surface area contributed by atoms with Crippen molar-refractivity contribution >= 4 is 0 Å². The van der Waals surface area contributed by atoms with Crippen LogP contribution in [0.2, 0.25) is 0 Å². The average Bonchev–Trinajstić information content (AvgIpc) is 2.53. The molecule has 0 aliphatic heterocycles. The van der Waals surface area contributed by atoms with Crippen LogP contribution in [0, 0.1) is 18.3 Å². The van der Waals surface area contributed by atoms with E-state index in [1.54, 1.807) is 0 Å². The van der Waals surface area contributed by atoms with Gasteiger partial charge < -0.3 is 5.32 Å². The van der Waals surface area contributed by atoms with E-state index in [4.69, 9.17) is 6.42 Å². The molecule has 1 aliphatic rings. The molecular weight excluding hydrogens is 242 g/mol. The Labute approximate surface area is 124 Å². The Morgan fingerprint density at radius 1 is 1.10 bits per heavy atom. The van der Waals surface area contributed by atoms with Gasteiger partial charge >= 0.3 is 0 Å². The fraction of sp³-hybridized carbons (Fsp3) is 0.579. The first-order chi connectivity index (χ1) is 9.92. The minimum atomic E-state index is 0.530. The second kappa shape index (κ2) is 8.82. The molecule has 1 aromatic carbocycles. The summed E-state index contributed by atoms with van der Waals surface area (Å²) in [5.41, 5.74) is 1.45. The summed E-state index contributed by atoms with van der Waals surface area (Å²) in [4.78, 5) is 0. The fourth-order valence-corrected chi connectivity index (χ4v) is 3.29. The summed E-state index contributed by atoms with van der Waals surface area (Å²) in [7, 11) is 0. The predicted octanol–water partition coefficient (Wildman–Crippen LogP) is 4.70. The molecule has 1 saturated carbocycles. The van der Waals surface area contributed by atoms with E-state index in [1.165, 1.54) is 44.1 Å². The maximum atomic E-state index is 5.31. The van der Waals surface area contributed by atoms with Gasteiger partial charge in [-0.05, 0) is 43.7 Å². The molecule has 1 heteroatoms. The fourth-order valence-electron chi connectivity index (χ4n) is 3.29. The largest absolute Gasteiger partial charge is 0.310 e. The molecule has 1 unspecified atom stereocenters. The number of hydrogen-bond donors (Lipinski definition) is 1. The molecular formula is C19H27N. The van der Waals surface area contributed by atoms with Crippen LogP contribution >= 0.6 is 0 Å². The highest BCUT2D eigenvalue weighted by atomic mass is 14.9. The van der Waals surface area contributed by atoms with E-state index in [0.29, 0.717) is 6.04 Å². The van der Waals surface area contributed by atoms with Crippen LogP contribution in [-0.2, 0) is 0 Å². The van der Waals surface area contributed by atoms with Crippen molar-refractivity contribution in [2.24, 2.45) is 5.92 Å². The maximum absolute atomic E-state index is 5.31. The Bertz CT molecular complexity index is 398. The molecule has 1 N–H and O–H groups in total. The van der Waals surface area contributed by atoms with Crippen LogP contribution in [-0.4, -0.2) is 6.54 Å². The van der Waals surface area contributed by atoms with Gasteiger partial charge in [0.1, 0.15) is 0 Å². The molecule has 0 amide bonds. The standard InChI is InChI=1S/C19H27N/c1-2-3-4-11-16-20-19(17-12-7-5-8-13-17)18-14-9-6-10-15-18/h1,5,7-8,12-13,18-20H,3-4,6,9-11,14-16H2. The van der Waals surface area contributed by atoms with Gasteiger partial charge in [-0.1, -0.05) is 49.6 Å². The van der Waals surface area contributed by atoms with E-state index >= 15 is 0 Å². The number of hydrogen-bond acceptors (Lipinski definition) is 1. The van der Waals surface area contributed by atoms with Crippen LogP contribution in [0.3, 0.4) is 0 Å². The first kappa shape index (κ1) is 15.1. The third-order valence-electron chi connectivity index (χ3n) is 4.39. The molecule has 0 bridgehead atoms. The lowest BCUT2D eigenvalue weighted by Gasteiger charge is -2.31. The molecule has 0 saturated heterocycles. The van der Waals surface area contributed by atoms with E-state index in [2.05, 4.69) is 41.6 Å². The summed E-state index contributed by atoms with van der Waals surface area (Å²) in [6.07, 6.45) is 15.5. The number of terminal acetylenes is 1. The Hall–Kier alpha value is -1.26. The minimum absolute atomic E-state index is 0.530. The molecule has 1 fully saturated rings. The van der Waals surface area contributed by atoms with E-state index in [0.717, 1.165) is 25.3 Å². The normalized spacial score (nSPS) is 17.6. The van der Waals surface area contributed by atoms with Gasteiger partial charge in [-0.2, -0.15) is 0 Å². The zero-order valence-electron chi connectivity index (χ0n) is 12.5. The van der Waals surface area contributed by atoms with Crippen molar-refractivity contribution in [3.8, 4) is 12.3 Å². The van der Waals surface area contributed by atoms with Crippen LogP contribution in [0.25, 0.3) is 0 Å². The molecule has 0 aromatic heterocycles. The summed E-state index contributed by atoms with van der Waals surface area (Å²) >= 11 is 0. The van der Waals surface area contributed by atoms with Crippen molar-refractivity contribution in [3.05, 3.63) is 35.9 Å². The maximum Gasteiger partial charge on any atom is 0.0348 e. The van der Waals surface area contributed by atoms with Crippen molar-refractivity contribution in [2.45, 2.75) is 57.4 Å². The van der Waals surface area contributed by atoms with Crippen LogP contribution in [0.1, 0.15) is 63.0 Å². The Morgan fingerprint density at radius 2 is 1.85 bits per heavy atom. The zero-order valence-corrected chi connectivity index (χ0v) is 12.5. The van der Waals surface area contributed by atoms with Crippen molar-refractivity contribution in [1.82, 2.24) is 5.32 Å². The molecule has 20 heavy (non-hydrogen) atoms. The molecule has 1 aliphatic carbocycles. The lowest BCUT2D eigenvalue weighted by atomic mass is 9.81. The van der Waals surface area contributed by atoms with Crippen LogP contribution in [0.15, 0.2) is 30.3 Å². The summed E-state index contributed by atoms with van der Waals surface area (Å²) < 4.78 is 0. The van der Waals surface area contributed by atoms with Gasteiger partial charge in [0.15, 0.2) is 0 Å². The molecule has 0 spiro atoms. The summed E-state index contributed by atoms with van der Waals surface area (Å²) in [5.74, 6) is 3.53. The number of rotatable bonds is 7. The summed E-state index contributed by atoms with van der Waals surface area (Å²) in [6.45, 7) is 1.08. The van der Waals surface area contributed by atoms with Gasteiger partial charge in [0.25, 0.3) is 0 Å². The molecule has 2 rings (SSSR count). The smallest absolute Gasteiger partial charge is 0.0348 e. The number of unbranched alkanes of at least 4 members (excludes halogenated alkanes) is 2. The summed E-state index contributed by atoms with van der Waals surface area (Å²) in [6, 6.07) is 11.5. The van der Waals surface area contributed by atoms with E-state index in [9.17, 15) is 0 Å². The average molecular weight is 269 g/mol. The molecule has 108 valence electrons. The molecule has 1 aromatic rings. The third kappa shape index (κ3) is 4.69. The monoisotopic (exact) mass is 269 g/mol. The Morgan fingerprint density at radius 3 is 2.55 bits per heavy atom. The molecule has 0 heterocycles. The van der Waals surface area contributed by atoms with Gasteiger partial charge in [-0.3, -0.25) is 0 Å². The first-order valence-corrected chi connectivity index (χ1v) is 8.13. The highest BCUT2D eigenvalue weighted by Crippen LogP contribution is 2.34. The third-order valence-corrected chi connectivity index (χ3v) is 4.39. The van der Waals surface area contributed by atoms with Gasteiger partial charge in [0.05, 0.1) is 0 Å². The van der Waals surface area contributed by atoms with E-state index in [-0.39, 0.29) is 0 Å². The Balaban J connectivity index is 1.91. The topological polar surface area (TPSA) is 12.0 Å². The van der Waals surface area contributed by atoms with Gasteiger partial charge in [-0.15, -0.1) is 12.3 Å². The van der Waals surface area contributed by atoms with Crippen LogP contribution < -0.4 is 5.32 Å². The quantitative estimate of drug-likeness (QED) is 0.559. The highest BCUT2D eigenvalue weighted by Gasteiger charge is 2.24. The van der Waals surface area contributed by atoms with Gasteiger partial charge in [-0.25, -0.2) is 0 Å². The van der Waals surface area contributed by atoms with Crippen molar-refractivity contribution in [2.75, 3.05) is 6.54 Å². The number of nitrogens with one attached hydrogen (secondary N) is 1. The van der Waals surface area contributed by atoms with Crippen molar-refractivity contribution in [1.29, 1.82) is 0 Å². The van der Waals surface area contributed by atoms with Crippen LogP contribution in [0.4, 0.5) is 0 Å². The molecule has 1 atom stereocenters. The first-order valence-electron chi connectivity index (χ1n) is 8.13. The zero-order chi connectivity index (χ0) is 14.0. The second-order valence-corrected chi connectivity index (χ2v) is 5.90. The lowest BCUT2D eigenvalue weighted by molar-refractivity contribution is 0.271. The minimum Gasteiger partial charge on any atom is -0.310 e. The number of benzene rings is 1. The predicted molar refractivity (Wildman–Crippen MR) is 86.4 cm³/mol. The van der Waals surface area contributed by atoms with Crippen molar-refractivity contribution in [3.63, 3.8) is 0 Å². The Kier molecular flexibility index (Phi) is 6.68. The SMILES string of the molecule is C#CCCCCNC(c1ccccc1)C1CCCCC1. The molecule has 1 nitrogen and oxygen atoms in total. The van der Waals surface area contributed by atoms with E-state index < -0.39 is 0 Å². The van der Waals surface area contributed by atoms with Crippen molar-refractivity contribution < 1.29 is 0 Å².